The first-order chi connectivity index (χ1) is 5.36. The van der Waals surface area contributed by atoms with Crippen LogP contribution in [0, 0.1) is 0 Å². The highest BCUT2D eigenvalue weighted by molar-refractivity contribution is 9.11. The highest BCUT2D eigenvalue weighted by Crippen LogP contribution is 2.07. The van der Waals surface area contributed by atoms with Crippen LogP contribution in [0.1, 0.15) is 18.1 Å². The molecule has 58 valence electrons. The third kappa shape index (κ3) is 2.51. The van der Waals surface area contributed by atoms with Crippen LogP contribution in [0.2, 0.25) is 0 Å². The molecule has 0 aromatic heterocycles. The molecule has 11 heavy (non-hydrogen) atoms. The minimum Gasteiger partial charge on any atom is -0.0613 e. The Morgan fingerprint density at radius 3 is 2.36 bits per heavy atom. The second-order valence-electron chi connectivity index (χ2n) is 2.39. The monoisotopic (exact) mass is 210 g/mol. The zero-order valence-corrected chi connectivity index (χ0v) is 8.14. The number of rotatable bonds is 2. The van der Waals surface area contributed by atoms with Crippen LogP contribution < -0.4 is 0 Å². The Morgan fingerprint density at radius 1 is 1.27 bits per heavy atom. The smallest absolute Gasteiger partial charge is 0.0183 e. The Hall–Kier alpha value is -0.560. The van der Waals surface area contributed by atoms with E-state index in [9.17, 15) is 0 Å². The average Bonchev–Trinajstić information content (AvgIpc) is 2.07. The van der Waals surface area contributed by atoms with Gasteiger partial charge in [-0.05, 0) is 28.6 Å². The van der Waals surface area contributed by atoms with Crippen molar-refractivity contribution >= 4 is 22.0 Å². The van der Waals surface area contributed by atoms with Crippen LogP contribution in [0.25, 0.3) is 6.08 Å². The van der Waals surface area contributed by atoms with Crippen LogP contribution in [-0.2, 0) is 6.42 Å². The maximum atomic E-state index is 3.24. The van der Waals surface area contributed by atoms with Crippen LogP contribution in [0.4, 0.5) is 0 Å². The normalized spacial score (nSPS) is 10.7. The van der Waals surface area contributed by atoms with E-state index < -0.39 is 0 Å². The van der Waals surface area contributed by atoms with Crippen LogP contribution in [0.5, 0.6) is 0 Å². The minimum absolute atomic E-state index is 1.11. The van der Waals surface area contributed by atoms with E-state index in [0.29, 0.717) is 0 Å². The van der Waals surface area contributed by atoms with Crippen molar-refractivity contribution in [3.63, 3.8) is 0 Å². The van der Waals surface area contributed by atoms with Gasteiger partial charge in [-0.3, -0.25) is 0 Å². The standard InChI is InChI=1S/C10H11Br/c1-2-9-3-5-10(6-4-9)7-8-11/h3-8H,2H2,1H3/b8-7+. The van der Waals surface area contributed by atoms with Crippen molar-refractivity contribution in [1.82, 2.24) is 0 Å². The molecule has 1 rings (SSSR count). The molecule has 0 saturated heterocycles. The highest BCUT2D eigenvalue weighted by atomic mass is 79.9. The summed E-state index contributed by atoms with van der Waals surface area (Å²) in [4.78, 5) is 1.87. The van der Waals surface area contributed by atoms with Crippen molar-refractivity contribution in [2.24, 2.45) is 0 Å². The van der Waals surface area contributed by atoms with Crippen LogP contribution in [0.3, 0.4) is 0 Å². The molecule has 0 bridgehead atoms. The first-order valence-electron chi connectivity index (χ1n) is 3.72. The Bertz CT molecular complexity index is 234. The molecule has 0 heterocycles. The van der Waals surface area contributed by atoms with Gasteiger partial charge in [-0.1, -0.05) is 47.1 Å². The quantitative estimate of drug-likeness (QED) is 0.700. The molecule has 0 saturated carbocycles. The number of halogens is 1. The van der Waals surface area contributed by atoms with E-state index in [1.54, 1.807) is 0 Å². The summed E-state index contributed by atoms with van der Waals surface area (Å²) in [5.74, 6) is 0. The lowest BCUT2D eigenvalue weighted by molar-refractivity contribution is 1.14. The van der Waals surface area contributed by atoms with Crippen LogP contribution in [0.15, 0.2) is 29.3 Å². The second kappa shape index (κ2) is 4.35. The van der Waals surface area contributed by atoms with E-state index in [-0.39, 0.29) is 0 Å². The molecule has 0 spiro atoms. The Labute approximate surface area is 76.1 Å². The van der Waals surface area contributed by atoms with E-state index in [0.717, 1.165) is 6.42 Å². The van der Waals surface area contributed by atoms with Crippen molar-refractivity contribution < 1.29 is 0 Å². The van der Waals surface area contributed by atoms with Crippen molar-refractivity contribution in [3.8, 4) is 0 Å². The summed E-state index contributed by atoms with van der Waals surface area (Å²) in [6.45, 7) is 2.16. The predicted octanol–water partition coefficient (Wildman–Crippen LogP) is 3.61. The second-order valence-corrected chi connectivity index (χ2v) is 2.92. The van der Waals surface area contributed by atoms with Crippen molar-refractivity contribution in [2.45, 2.75) is 13.3 Å². The van der Waals surface area contributed by atoms with E-state index in [1.165, 1.54) is 11.1 Å². The zero-order valence-electron chi connectivity index (χ0n) is 6.55. The summed E-state index contributed by atoms with van der Waals surface area (Å²) in [6, 6.07) is 8.55. The topological polar surface area (TPSA) is 0 Å². The molecule has 0 N–H and O–H groups in total. The van der Waals surface area contributed by atoms with Gasteiger partial charge in [0.15, 0.2) is 0 Å². The van der Waals surface area contributed by atoms with Gasteiger partial charge < -0.3 is 0 Å². The first kappa shape index (κ1) is 8.54. The molecule has 0 amide bonds. The molecular weight excluding hydrogens is 200 g/mol. The van der Waals surface area contributed by atoms with Crippen molar-refractivity contribution in [2.75, 3.05) is 0 Å². The maximum absolute atomic E-state index is 3.24. The summed E-state index contributed by atoms with van der Waals surface area (Å²) >= 11 is 3.24. The van der Waals surface area contributed by atoms with Gasteiger partial charge >= 0.3 is 0 Å². The fraction of sp³-hybridized carbons (Fsp3) is 0.200. The fourth-order valence-electron chi connectivity index (χ4n) is 0.937. The number of aryl methyl sites for hydroxylation is 1. The molecule has 1 aromatic rings. The van der Waals surface area contributed by atoms with Gasteiger partial charge in [0.25, 0.3) is 0 Å². The molecular formula is C10H11Br. The Balaban J connectivity index is 2.82. The molecule has 0 radical (unpaired) electrons. The van der Waals surface area contributed by atoms with E-state index in [4.69, 9.17) is 0 Å². The average molecular weight is 211 g/mol. The summed E-state index contributed by atoms with van der Waals surface area (Å²) in [5, 5.41) is 0. The van der Waals surface area contributed by atoms with Gasteiger partial charge in [0.1, 0.15) is 0 Å². The lowest BCUT2D eigenvalue weighted by Gasteiger charge is -1.95. The zero-order chi connectivity index (χ0) is 8.10. The van der Waals surface area contributed by atoms with Gasteiger partial charge in [0.05, 0.1) is 0 Å². The molecule has 0 fully saturated rings. The van der Waals surface area contributed by atoms with Gasteiger partial charge in [-0.2, -0.15) is 0 Å². The van der Waals surface area contributed by atoms with Gasteiger partial charge in [-0.25, -0.2) is 0 Å². The predicted molar refractivity (Wildman–Crippen MR) is 53.8 cm³/mol. The number of hydrogen-bond donors (Lipinski definition) is 0. The first-order valence-corrected chi connectivity index (χ1v) is 4.64. The lowest BCUT2D eigenvalue weighted by atomic mass is 10.1. The Morgan fingerprint density at radius 2 is 1.91 bits per heavy atom. The molecule has 0 aliphatic rings. The van der Waals surface area contributed by atoms with Gasteiger partial charge in [0.2, 0.25) is 0 Å². The molecule has 1 aromatic carbocycles. The van der Waals surface area contributed by atoms with E-state index >= 15 is 0 Å². The third-order valence-electron chi connectivity index (χ3n) is 1.64. The molecule has 1 heteroatoms. The summed E-state index contributed by atoms with van der Waals surface area (Å²) in [6.07, 6.45) is 3.14. The van der Waals surface area contributed by atoms with Crippen LogP contribution in [-0.4, -0.2) is 0 Å². The largest absolute Gasteiger partial charge is 0.0613 e. The summed E-state index contributed by atoms with van der Waals surface area (Å²) < 4.78 is 0. The molecule has 0 atom stereocenters. The SMILES string of the molecule is CCc1ccc(/C=C/Br)cc1. The van der Waals surface area contributed by atoms with Gasteiger partial charge in [-0.15, -0.1) is 0 Å². The fourth-order valence-corrected chi connectivity index (χ4v) is 1.24. The van der Waals surface area contributed by atoms with E-state index in [2.05, 4.69) is 47.1 Å². The van der Waals surface area contributed by atoms with Gasteiger partial charge in [0, 0.05) is 0 Å². The number of hydrogen-bond acceptors (Lipinski definition) is 0. The summed E-state index contributed by atoms with van der Waals surface area (Å²) in [5.41, 5.74) is 2.62. The maximum Gasteiger partial charge on any atom is -0.0183 e. The van der Waals surface area contributed by atoms with Crippen LogP contribution >= 0.6 is 15.9 Å². The highest BCUT2D eigenvalue weighted by Gasteiger charge is 1.87. The summed E-state index contributed by atoms with van der Waals surface area (Å²) in [7, 11) is 0. The van der Waals surface area contributed by atoms with Crippen molar-refractivity contribution in [1.29, 1.82) is 0 Å². The molecule has 0 aliphatic carbocycles. The lowest BCUT2D eigenvalue weighted by Crippen LogP contribution is -1.78. The molecule has 0 nitrogen and oxygen atoms in total. The van der Waals surface area contributed by atoms with Crippen molar-refractivity contribution in [3.05, 3.63) is 40.4 Å². The molecule has 0 unspecified atom stereocenters. The Kier molecular flexibility index (Phi) is 3.37. The third-order valence-corrected chi connectivity index (χ3v) is 1.91. The number of benzene rings is 1. The molecule has 0 aliphatic heterocycles. The van der Waals surface area contributed by atoms with E-state index in [1.807, 2.05) is 11.1 Å². The minimum atomic E-state index is 1.11.